The molecule has 2 aliphatic rings. The highest BCUT2D eigenvalue weighted by atomic mass is 32.2. The van der Waals surface area contributed by atoms with E-state index in [9.17, 15) is 67.4 Å². The van der Waals surface area contributed by atoms with Crippen molar-refractivity contribution < 1.29 is 67.4 Å². The summed E-state index contributed by atoms with van der Waals surface area (Å²) in [5.41, 5.74) is 35.0. The van der Waals surface area contributed by atoms with Crippen LogP contribution in [0.2, 0.25) is 0 Å². The summed E-state index contributed by atoms with van der Waals surface area (Å²) in [6, 6.07) is 4.12. The van der Waals surface area contributed by atoms with Gasteiger partial charge in [-0.2, -0.15) is 11.8 Å². The van der Waals surface area contributed by atoms with E-state index in [4.69, 9.17) is 34.4 Å². The lowest BCUT2D eigenvalue weighted by Crippen LogP contribution is -2.60. The van der Waals surface area contributed by atoms with Crippen molar-refractivity contribution in [1.29, 1.82) is 0 Å². The Hall–Kier alpha value is -8.91. The highest BCUT2D eigenvalue weighted by Gasteiger charge is 2.42. The lowest BCUT2D eigenvalue weighted by Gasteiger charge is -2.32. The molecule has 0 unspecified atom stereocenters. The van der Waals surface area contributed by atoms with Crippen molar-refractivity contribution in [2.45, 2.75) is 183 Å². The van der Waals surface area contributed by atoms with E-state index in [1.165, 1.54) is 21.6 Å². The van der Waals surface area contributed by atoms with E-state index in [1.54, 1.807) is 80.8 Å². The summed E-state index contributed by atoms with van der Waals surface area (Å²) in [6.07, 6.45) is 2.86. The fourth-order valence-corrected chi connectivity index (χ4v) is 11.5. The number of nitrogens with one attached hydrogen (secondary N) is 8. The lowest BCUT2D eigenvalue weighted by molar-refractivity contribution is -0.144. The number of thioether (sulfide) groups is 1. The smallest absolute Gasteiger partial charge is 0.326 e. The zero-order valence-electron chi connectivity index (χ0n) is 54.4. The molecular formula is C63H97N17O14S. The number of nitrogens with two attached hydrogens (primary N) is 6. The van der Waals surface area contributed by atoms with Crippen LogP contribution in [-0.2, 0) is 75.2 Å². The molecule has 2 aromatic carbocycles. The number of rotatable bonds is 42. The first-order chi connectivity index (χ1) is 45.2. The van der Waals surface area contributed by atoms with E-state index in [1.807, 2.05) is 0 Å². The molecule has 0 saturated carbocycles. The molecule has 0 bridgehead atoms. The maximum Gasteiger partial charge on any atom is 0.326 e. The van der Waals surface area contributed by atoms with Crippen molar-refractivity contribution in [2.75, 3.05) is 44.7 Å². The second kappa shape index (κ2) is 41.0. The van der Waals surface area contributed by atoms with E-state index >= 15 is 0 Å². The topological polar surface area (TPSA) is 513 Å². The predicted octanol–water partition coefficient (Wildman–Crippen LogP) is -3.11. The number of carbonyl (C=O) groups is 13. The third-order valence-corrected chi connectivity index (χ3v) is 16.6. The number of amides is 12. The van der Waals surface area contributed by atoms with Crippen molar-refractivity contribution >= 4 is 94.6 Å². The summed E-state index contributed by atoms with van der Waals surface area (Å²) in [7, 11) is 0. The van der Waals surface area contributed by atoms with Gasteiger partial charge in [0, 0.05) is 45.3 Å². The molecule has 32 heteroatoms. The molecule has 2 aromatic rings. The Balaban J connectivity index is 1.56. The van der Waals surface area contributed by atoms with Crippen LogP contribution in [0.25, 0.3) is 0 Å². The first-order valence-electron chi connectivity index (χ1n) is 32.1. The number of unbranched alkanes of at least 4 members (excludes halogenated alkanes) is 1. The SMILES string of the molecule is CSCC[C@H](NC(=O)[C@@H](CC(C)C)NC(=O)CNC(=O)[C@H](Cc1ccccc1)NC(=O)[C@H](Cc1ccccc1)NC(=O)[C@@H](CCC(N)=O)NC(=O)[C@H](CCC(N)=O)NC(=O)[C@H]1CCCN1C(=O)[C@@H](CCCCN)NC(=O)[C@H]1CCCN1C(=O)[C@H](N)CCCN=C(N)N)C(=O)O. The monoisotopic (exact) mass is 1350 g/mol. The fourth-order valence-electron chi connectivity index (χ4n) is 11.0. The average Bonchev–Trinajstić information content (AvgIpc) is 1.74. The van der Waals surface area contributed by atoms with Crippen molar-refractivity contribution in [3.8, 4) is 0 Å². The molecule has 2 saturated heterocycles. The number of carboxylic acid groups (broad SMARTS) is 1. The van der Waals surface area contributed by atoms with Gasteiger partial charge in [0.2, 0.25) is 70.9 Å². The van der Waals surface area contributed by atoms with Crippen LogP contribution in [0.15, 0.2) is 65.7 Å². The Morgan fingerprint density at radius 2 is 1.03 bits per heavy atom. The van der Waals surface area contributed by atoms with Gasteiger partial charge >= 0.3 is 5.97 Å². The maximum absolute atomic E-state index is 14.7. The van der Waals surface area contributed by atoms with Gasteiger partial charge in [-0.05, 0) is 119 Å². The van der Waals surface area contributed by atoms with Gasteiger partial charge < -0.3 is 91.8 Å². The Labute approximate surface area is 557 Å². The van der Waals surface area contributed by atoms with Crippen molar-refractivity contribution in [3.63, 3.8) is 0 Å². The molecule has 524 valence electrons. The number of hydrogen-bond acceptors (Lipinski definition) is 17. The zero-order valence-corrected chi connectivity index (χ0v) is 55.2. The molecule has 12 amide bonds. The number of nitrogens with zero attached hydrogens (tertiary/aromatic N) is 3. The number of benzene rings is 2. The number of carboxylic acids is 1. The van der Waals surface area contributed by atoms with E-state index in [0.29, 0.717) is 55.4 Å². The summed E-state index contributed by atoms with van der Waals surface area (Å²) in [6.45, 7) is 3.78. The first kappa shape index (κ1) is 78.5. The van der Waals surface area contributed by atoms with Crippen molar-refractivity contribution in [2.24, 2.45) is 45.3 Å². The zero-order chi connectivity index (χ0) is 70.1. The highest BCUT2D eigenvalue weighted by Crippen LogP contribution is 2.24. The number of guanidine groups is 1. The summed E-state index contributed by atoms with van der Waals surface area (Å²) >= 11 is 1.40. The normalized spacial score (nSPS) is 16.8. The third-order valence-electron chi connectivity index (χ3n) is 16.0. The number of hydrogen-bond donors (Lipinski definition) is 15. The minimum absolute atomic E-state index is 0.0706. The molecular weight excluding hydrogens is 1250 g/mol. The highest BCUT2D eigenvalue weighted by molar-refractivity contribution is 7.98. The molecule has 0 aliphatic carbocycles. The maximum atomic E-state index is 14.7. The Kier molecular flexibility index (Phi) is 33.9. The van der Waals surface area contributed by atoms with Crippen LogP contribution in [-0.4, -0.2) is 203 Å². The second-order valence-electron chi connectivity index (χ2n) is 24.1. The van der Waals surface area contributed by atoms with Crippen LogP contribution in [0, 0.1) is 5.92 Å². The Morgan fingerprint density at radius 1 is 0.558 bits per heavy atom. The van der Waals surface area contributed by atoms with Gasteiger partial charge in [-0.1, -0.05) is 74.5 Å². The molecule has 10 atom stereocenters. The standard InChI is InChI=1S/C63H97N17O14S/c1-37(2)33-45(56(87)76-44(62(93)94)27-32-95-3)72-52(83)36-71-53(84)46(34-38-15-6-4-7-16-38)77-57(88)47(35-39-17-8-5-9-18-39)78-55(86)41(23-25-50(66)81)73-54(85)42(24-26-51(67)82)74-58(89)49-22-14-31-80(49)61(92)43(20-10-11-28-64)75-59(90)48-21-13-30-79(48)60(91)40(65)19-12-29-70-63(68)69/h4-9,15-18,37,40-49H,10-14,19-36,64-65H2,1-3H3,(H2,66,81)(H2,67,82)(H,71,84)(H,72,83)(H,73,85)(H,74,89)(H,75,90)(H,76,87)(H,77,88)(H,78,86)(H,93,94)(H4,68,69,70)/t40-,41-,42+,43-,44+,45-,46+,47+,48-,49-/m1/s1. The van der Waals surface area contributed by atoms with Crippen LogP contribution >= 0.6 is 11.8 Å². The van der Waals surface area contributed by atoms with E-state index in [-0.39, 0.29) is 83.0 Å². The first-order valence-corrected chi connectivity index (χ1v) is 33.5. The van der Waals surface area contributed by atoms with Crippen LogP contribution in [0.5, 0.6) is 0 Å². The quantitative estimate of drug-likeness (QED) is 0.0178. The van der Waals surface area contributed by atoms with Gasteiger partial charge in [-0.25, -0.2) is 4.79 Å². The predicted molar refractivity (Wildman–Crippen MR) is 354 cm³/mol. The second-order valence-corrected chi connectivity index (χ2v) is 25.0. The number of aliphatic carboxylic acids is 1. The Morgan fingerprint density at radius 3 is 1.53 bits per heavy atom. The van der Waals surface area contributed by atoms with Crippen LogP contribution in [0.4, 0.5) is 0 Å². The van der Waals surface area contributed by atoms with Crippen LogP contribution in [0.1, 0.15) is 121 Å². The largest absolute Gasteiger partial charge is 0.480 e. The number of primary amides is 2. The molecule has 2 fully saturated rings. The van der Waals surface area contributed by atoms with Gasteiger partial charge in [0.15, 0.2) is 5.96 Å². The minimum atomic E-state index is -1.65. The van der Waals surface area contributed by atoms with Gasteiger partial charge in [0.05, 0.1) is 12.6 Å². The molecule has 4 rings (SSSR count). The fraction of sp³-hybridized carbons (Fsp3) is 0.587. The Bertz CT molecular complexity index is 2960. The van der Waals surface area contributed by atoms with Gasteiger partial charge in [0.1, 0.15) is 54.4 Å². The van der Waals surface area contributed by atoms with Gasteiger partial charge in [0.25, 0.3) is 0 Å². The van der Waals surface area contributed by atoms with Crippen molar-refractivity contribution in [3.05, 3.63) is 71.8 Å². The molecule has 95 heavy (non-hydrogen) atoms. The number of likely N-dealkylation sites (tertiary alicyclic amines) is 2. The van der Waals surface area contributed by atoms with Crippen molar-refractivity contribution in [1.82, 2.24) is 52.3 Å². The van der Waals surface area contributed by atoms with E-state index in [0.717, 1.165) is 0 Å². The van der Waals surface area contributed by atoms with Gasteiger partial charge in [-0.15, -0.1) is 0 Å². The molecule has 0 radical (unpaired) electrons. The molecule has 21 N–H and O–H groups in total. The average molecular weight is 1350 g/mol. The molecule has 0 spiro atoms. The minimum Gasteiger partial charge on any atom is -0.480 e. The molecule has 2 aliphatic heterocycles. The van der Waals surface area contributed by atoms with E-state index < -0.39 is 170 Å². The van der Waals surface area contributed by atoms with Crippen LogP contribution in [0.3, 0.4) is 0 Å². The summed E-state index contributed by atoms with van der Waals surface area (Å²) in [4.78, 5) is 184. The third kappa shape index (κ3) is 27.5. The van der Waals surface area contributed by atoms with E-state index in [2.05, 4.69) is 47.5 Å². The summed E-state index contributed by atoms with van der Waals surface area (Å²) in [5, 5.41) is 30.6. The number of carbonyl (C=O) groups excluding carboxylic acids is 12. The number of aliphatic imine (C=N–C) groups is 1. The lowest BCUT2D eigenvalue weighted by atomic mass is 10.0. The summed E-state index contributed by atoms with van der Waals surface area (Å²) in [5.74, 6) is -10.6. The van der Waals surface area contributed by atoms with Gasteiger partial charge in [-0.3, -0.25) is 62.5 Å². The van der Waals surface area contributed by atoms with Crippen LogP contribution < -0.4 is 76.9 Å². The molecule has 31 nitrogen and oxygen atoms in total. The molecule has 0 aromatic heterocycles. The molecule has 2 heterocycles. The summed E-state index contributed by atoms with van der Waals surface area (Å²) < 4.78 is 0.